The van der Waals surface area contributed by atoms with Gasteiger partial charge in [-0.15, -0.1) is 22.9 Å². The molecule has 0 aliphatic carbocycles. The van der Waals surface area contributed by atoms with Crippen LogP contribution in [0.15, 0.2) is 23.6 Å². The van der Waals surface area contributed by atoms with Gasteiger partial charge in [0.15, 0.2) is 0 Å². The van der Waals surface area contributed by atoms with Gasteiger partial charge in [0.2, 0.25) is 0 Å². The molecule has 1 aliphatic heterocycles. The monoisotopic (exact) mass is 324 g/mol. The highest BCUT2D eigenvalue weighted by atomic mass is 35.5. The Labute approximate surface area is 133 Å². The maximum absolute atomic E-state index is 14.3. The Morgan fingerprint density at radius 1 is 1.24 bits per heavy atom. The van der Waals surface area contributed by atoms with Crippen molar-refractivity contribution >= 4 is 22.9 Å². The number of likely N-dealkylation sites (tertiary alicyclic amines) is 1. The third-order valence-electron chi connectivity index (χ3n) is 3.83. The van der Waals surface area contributed by atoms with Crippen LogP contribution in [0.25, 0.3) is 10.6 Å². The predicted octanol–water partition coefficient (Wildman–Crippen LogP) is 4.67. The molecule has 1 aromatic heterocycles. The van der Waals surface area contributed by atoms with Crippen LogP contribution in [0, 0.1) is 5.82 Å². The lowest BCUT2D eigenvalue weighted by molar-refractivity contribution is 0.218. The van der Waals surface area contributed by atoms with Gasteiger partial charge in [-0.25, -0.2) is 9.37 Å². The summed E-state index contributed by atoms with van der Waals surface area (Å²) in [6.07, 6.45) is 3.74. The fourth-order valence-corrected chi connectivity index (χ4v) is 3.71. The number of nitrogens with zero attached hydrogens (tertiary/aromatic N) is 2. The van der Waals surface area contributed by atoms with Gasteiger partial charge in [-0.2, -0.15) is 0 Å². The Hall–Kier alpha value is -0.970. The second kappa shape index (κ2) is 6.86. The lowest BCUT2D eigenvalue weighted by Gasteiger charge is -2.26. The Morgan fingerprint density at radius 2 is 2.05 bits per heavy atom. The first-order valence-corrected chi connectivity index (χ1v) is 8.69. The van der Waals surface area contributed by atoms with Crippen molar-refractivity contribution in [2.24, 2.45) is 0 Å². The van der Waals surface area contributed by atoms with Crippen molar-refractivity contribution in [3.05, 3.63) is 40.7 Å². The van der Waals surface area contributed by atoms with E-state index in [1.54, 1.807) is 6.07 Å². The average molecular weight is 325 g/mol. The van der Waals surface area contributed by atoms with Crippen LogP contribution in [0.5, 0.6) is 0 Å². The van der Waals surface area contributed by atoms with Crippen molar-refractivity contribution < 1.29 is 4.39 Å². The summed E-state index contributed by atoms with van der Waals surface area (Å²) in [5, 5.41) is 2.75. The van der Waals surface area contributed by atoms with Crippen LogP contribution in [-0.4, -0.2) is 23.0 Å². The van der Waals surface area contributed by atoms with Crippen molar-refractivity contribution in [2.75, 3.05) is 13.1 Å². The van der Waals surface area contributed by atoms with Crippen LogP contribution in [-0.2, 0) is 12.4 Å². The lowest BCUT2D eigenvalue weighted by Crippen LogP contribution is -2.29. The fourth-order valence-electron chi connectivity index (χ4n) is 2.67. The first-order valence-electron chi connectivity index (χ1n) is 7.28. The number of rotatable bonds is 4. The van der Waals surface area contributed by atoms with Gasteiger partial charge in [-0.3, -0.25) is 4.90 Å². The summed E-state index contributed by atoms with van der Waals surface area (Å²) in [5.41, 5.74) is 2.44. The average Bonchev–Trinajstić information content (AvgIpc) is 2.99. The molecule has 0 spiro atoms. The number of thiazole rings is 1. The first-order chi connectivity index (χ1) is 10.3. The van der Waals surface area contributed by atoms with Gasteiger partial charge < -0.3 is 0 Å². The molecule has 2 nitrogen and oxygen atoms in total. The van der Waals surface area contributed by atoms with E-state index in [0.29, 0.717) is 12.4 Å². The van der Waals surface area contributed by atoms with Gasteiger partial charge >= 0.3 is 0 Å². The normalized spacial score (nSPS) is 16.3. The number of hydrogen-bond donors (Lipinski definition) is 0. The topological polar surface area (TPSA) is 16.1 Å². The van der Waals surface area contributed by atoms with Crippen LogP contribution >= 0.6 is 22.9 Å². The zero-order chi connectivity index (χ0) is 14.7. The summed E-state index contributed by atoms with van der Waals surface area (Å²) in [7, 11) is 0. The minimum Gasteiger partial charge on any atom is -0.299 e. The molecule has 3 rings (SSSR count). The third-order valence-corrected chi connectivity index (χ3v) is 5.05. The molecular formula is C16H18ClFN2S. The van der Waals surface area contributed by atoms with Crippen molar-refractivity contribution in [1.29, 1.82) is 0 Å². The molecule has 0 unspecified atom stereocenters. The SMILES string of the molecule is Fc1cc(-c2nc(CCl)cs2)ccc1CN1CCCCC1. The van der Waals surface area contributed by atoms with Gasteiger partial charge in [-0.1, -0.05) is 18.6 Å². The van der Waals surface area contributed by atoms with Gasteiger partial charge in [0, 0.05) is 23.1 Å². The first kappa shape index (κ1) is 14.9. The number of halogens is 2. The van der Waals surface area contributed by atoms with E-state index in [4.69, 9.17) is 11.6 Å². The fraction of sp³-hybridized carbons (Fsp3) is 0.438. The standard InChI is InChI=1S/C16H18ClFN2S/c17-9-14-11-21-16(19-14)12-4-5-13(15(18)8-12)10-20-6-2-1-3-7-20/h4-5,8,11H,1-3,6-7,9-10H2. The van der Waals surface area contributed by atoms with E-state index < -0.39 is 0 Å². The number of hydrogen-bond acceptors (Lipinski definition) is 3. The summed E-state index contributed by atoms with van der Waals surface area (Å²) >= 11 is 7.26. The van der Waals surface area contributed by atoms with Crippen molar-refractivity contribution in [1.82, 2.24) is 9.88 Å². The van der Waals surface area contributed by atoms with Crippen LogP contribution in [0.2, 0.25) is 0 Å². The second-order valence-corrected chi connectivity index (χ2v) is 6.55. The van der Waals surface area contributed by atoms with E-state index in [0.717, 1.165) is 34.9 Å². The molecule has 0 atom stereocenters. The maximum atomic E-state index is 14.3. The van der Waals surface area contributed by atoms with Gasteiger partial charge in [-0.05, 0) is 32.0 Å². The number of benzene rings is 1. The van der Waals surface area contributed by atoms with Crippen LogP contribution < -0.4 is 0 Å². The molecule has 0 radical (unpaired) electrons. The summed E-state index contributed by atoms with van der Waals surface area (Å²) in [6, 6.07) is 5.44. The molecule has 2 aromatic rings. The molecule has 1 aromatic carbocycles. The molecule has 1 fully saturated rings. The van der Waals surface area contributed by atoms with E-state index in [9.17, 15) is 4.39 Å². The summed E-state index contributed by atoms with van der Waals surface area (Å²) in [6.45, 7) is 2.86. The van der Waals surface area contributed by atoms with E-state index in [-0.39, 0.29) is 5.82 Å². The number of piperidine rings is 1. The van der Waals surface area contributed by atoms with Crippen LogP contribution in [0.4, 0.5) is 4.39 Å². The summed E-state index contributed by atoms with van der Waals surface area (Å²) in [4.78, 5) is 6.72. The number of aromatic nitrogens is 1. The molecule has 1 saturated heterocycles. The van der Waals surface area contributed by atoms with Gasteiger partial charge in [0.25, 0.3) is 0 Å². The smallest absolute Gasteiger partial charge is 0.128 e. The minimum atomic E-state index is -0.138. The highest BCUT2D eigenvalue weighted by molar-refractivity contribution is 7.13. The van der Waals surface area contributed by atoms with E-state index in [1.807, 2.05) is 17.5 Å². The van der Waals surface area contributed by atoms with E-state index in [2.05, 4.69) is 9.88 Å². The van der Waals surface area contributed by atoms with E-state index in [1.165, 1.54) is 30.6 Å². The minimum absolute atomic E-state index is 0.138. The van der Waals surface area contributed by atoms with Crippen molar-refractivity contribution in [3.63, 3.8) is 0 Å². The molecule has 2 heterocycles. The molecule has 0 bridgehead atoms. The quantitative estimate of drug-likeness (QED) is 0.759. The molecule has 0 N–H and O–H groups in total. The largest absolute Gasteiger partial charge is 0.299 e. The molecule has 21 heavy (non-hydrogen) atoms. The summed E-state index contributed by atoms with van der Waals surface area (Å²) in [5.74, 6) is 0.257. The van der Waals surface area contributed by atoms with Crippen molar-refractivity contribution in [2.45, 2.75) is 31.7 Å². The molecule has 5 heteroatoms. The maximum Gasteiger partial charge on any atom is 0.128 e. The van der Waals surface area contributed by atoms with Crippen LogP contribution in [0.1, 0.15) is 30.5 Å². The highest BCUT2D eigenvalue weighted by Gasteiger charge is 2.14. The Morgan fingerprint density at radius 3 is 2.71 bits per heavy atom. The molecule has 1 aliphatic rings. The molecule has 0 saturated carbocycles. The lowest BCUT2D eigenvalue weighted by atomic mass is 10.1. The zero-order valence-corrected chi connectivity index (χ0v) is 13.4. The Bertz CT molecular complexity index is 608. The van der Waals surface area contributed by atoms with Gasteiger partial charge in [0.05, 0.1) is 11.6 Å². The zero-order valence-electron chi connectivity index (χ0n) is 11.8. The highest BCUT2D eigenvalue weighted by Crippen LogP contribution is 2.26. The predicted molar refractivity (Wildman–Crippen MR) is 86.2 cm³/mol. The van der Waals surface area contributed by atoms with Gasteiger partial charge in [0.1, 0.15) is 10.8 Å². The van der Waals surface area contributed by atoms with E-state index >= 15 is 0 Å². The number of alkyl halides is 1. The summed E-state index contributed by atoms with van der Waals surface area (Å²) < 4.78 is 14.3. The Kier molecular flexibility index (Phi) is 4.88. The second-order valence-electron chi connectivity index (χ2n) is 5.42. The van der Waals surface area contributed by atoms with Crippen molar-refractivity contribution in [3.8, 4) is 10.6 Å². The molecular weight excluding hydrogens is 307 g/mol. The van der Waals surface area contributed by atoms with Crippen LogP contribution in [0.3, 0.4) is 0 Å². The third kappa shape index (κ3) is 3.62. The molecule has 0 amide bonds. The Balaban J connectivity index is 1.75. The molecule has 112 valence electrons.